The summed E-state index contributed by atoms with van der Waals surface area (Å²) in [5.41, 5.74) is 2.38. The molecule has 2 heteroatoms. The topological polar surface area (TPSA) is 25.2 Å². The van der Waals surface area contributed by atoms with E-state index in [0.29, 0.717) is 12.0 Å². The van der Waals surface area contributed by atoms with Crippen molar-refractivity contribution in [3.05, 3.63) is 35.6 Å². The van der Waals surface area contributed by atoms with Crippen LogP contribution >= 0.6 is 0 Å². The van der Waals surface area contributed by atoms with Gasteiger partial charge in [0.05, 0.1) is 0 Å². The summed E-state index contributed by atoms with van der Waals surface area (Å²) in [6.45, 7) is 9.97. The molecule has 0 saturated carbocycles. The third-order valence-corrected chi connectivity index (χ3v) is 4.64. The Morgan fingerprint density at radius 3 is 2.62 bits per heavy atom. The highest BCUT2D eigenvalue weighted by molar-refractivity contribution is 5.82. The van der Waals surface area contributed by atoms with Crippen LogP contribution in [0.3, 0.4) is 0 Å². The molecule has 116 valence electrons. The maximum atomic E-state index is 6.08. The summed E-state index contributed by atoms with van der Waals surface area (Å²) in [7, 11) is 0. The molecule has 1 aromatic heterocycles. The lowest BCUT2D eigenvalue weighted by atomic mass is 10.00. The van der Waals surface area contributed by atoms with Crippen molar-refractivity contribution in [2.75, 3.05) is 0 Å². The molecule has 2 unspecified atom stereocenters. The molecule has 2 rings (SSSR count). The molecular formula is C19H29NO. The molecule has 0 fully saturated rings. The molecule has 0 radical (unpaired) electrons. The van der Waals surface area contributed by atoms with Crippen LogP contribution in [0.1, 0.15) is 58.3 Å². The van der Waals surface area contributed by atoms with Gasteiger partial charge in [-0.1, -0.05) is 51.8 Å². The van der Waals surface area contributed by atoms with Crippen molar-refractivity contribution in [3.8, 4) is 0 Å². The van der Waals surface area contributed by atoms with Crippen molar-refractivity contribution in [2.24, 2.45) is 5.92 Å². The Balaban J connectivity index is 2.19. The lowest BCUT2D eigenvalue weighted by molar-refractivity contribution is 0.387. The SMILES string of the molecule is CCCCc1oc2ccccc2c1CNC(C)C(C)CC. The van der Waals surface area contributed by atoms with Crippen LogP contribution in [-0.2, 0) is 13.0 Å². The minimum absolute atomic E-state index is 0.530. The smallest absolute Gasteiger partial charge is 0.134 e. The van der Waals surface area contributed by atoms with E-state index in [-0.39, 0.29) is 0 Å². The van der Waals surface area contributed by atoms with Crippen molar-refractivity contribution in [2.45, 2.75) is 66.0 Å². The molecule has 0 spiro atoms. The van der Waals surface area contributed by atoms with E-state index in [4.69, 9.17) is 4.42 Å². The number of hydrogen-bond donors (Lipinski definition) is 1. The zero-order valence-electron chi connectivity index (χ0n) is 13.9. The van der Waals surface area contributed by atoms with Crippen LogP contribution in [0.2, 0.25) is 0 Å². The van der Waals surface area contributed by atoms with Crippen LogP contribution in [0.5, 0.6) is 0 Å². The first-order valence-electron chi connectivity index (χ1n) is 8.40. The van der Waals surface area contributed by atoms with Gasteiger partial charge < -0.3 is 9.73 Å². The molecule has 0 saturated heterocycles. The highest BCUT2D eigenvalue weighted by atomic mass is 16.3. The second kappa shape index (κ2) is 7.65. The summed E-state index contributed by atoms with van der Waals surface area (Å²) in [4.78, 5) is 0. The first kappa shape index (κ1) is 16.1. The Kier molecular flexibility index (Phi) is 5.86. The number of hydrogen-bond acceptors (Lipinski definition) is 2. The summed E-state index contributed by atoms with van der Waals surface area (Å²) in [5.74, 6) is 1.86. The fourth-order valence-electron chi connectivity index (χ4n) is 2.70. The fourth-order valence-corrected chi connectivity index (χ4v) is 2.70. The number of nitrogens with one attached hydrogen (secondary N) is 1. The van der Waals surface area contributed by atoms with Gasteiger partial charge in [0.1, 0.15) is 11.3 Å². The van der Waals surface area contributed by atoms with E-state index in [1.165, 1.54) is 36.0 Å². The summed E-state index contributed by atoms with van der Waals surface area (Å²) in [5, 5.41) is 4.96. The summed E-state index contributed by atoms with van der Waals surface area (Å²) < 4.78 is 6.08. The van der Waals surface area contributed by atoms with E-state index in [0.717, 1.165) is 18.5 Å². The molecular weight excluding hydrogens is 258 g/mol. The molecule has 0 aliphatic carbocycles. The first-order chi connectivity index (χ1) is 10.2. The largest absolute Gasteiger partial charge is 0.461 e. The zero-order valence-corrected chi connectivity index (χ0v) is 13.9. The quantitative estimate of drug-likeness (QED) is 0.712. The molecule has 21 heavy (non-hydrogen) atoms. The van der Waals surface area contributed by atoms with E-state index >= 15 is 0 Å². The molecule has 0 bridgehead atoms. The van der Waals surface area contributed by atoms with E-state index in [1.54, 1.807) is 0 Å². The van der Waals surface area contributed by atoms with Gasteiger partial charge in [-0.3, -0.25) is 0 Å². The van der Waals surface area contributed by atoms with Gasteiger partial charge in [0, 0.05) is 30.0 Å². The van der Waals surface area contributed by atoms with Gasteiger partial charge >= 0.3 is 0 Å². The molecule has 2 nitrogen and oxygen atoms in total. The van der Waals surface area contributed by atoms with Crippen molar-refractivity contribution >= 4 is 11.0 Å². The number of fused-ring (bicyclic) bond motifs is 1. The predicted octanol–water partition coefficient (Wildman–Crippen LogP) is 5.30. The minimum Gasteiger partial charge on any atom is -0.461 e. The first-order valence-corrected chi connectivity index (χ1v) is 8.40. The molecule has 0 amide bonds. The maximum absolute atomic E-state index is 6.08. The van der Waals surface area contributed by atoms with Gasteiger partial charge in [-0.05, 0) is 25.3 Å². The highest BCUT2D eigenvalue weighted by Crippen LogP contribution is 2.27. The lowest BCUT2D eigenvalue weighted by Gasteiger charge is -2.20. The Hall–Kier alpha value is -1.28. The van der Waals surface area contributed by atoms with Crippen LogP contribution in [0.25, 0.3) is 11.0 Å². The minimum atomic E-state index is 0.530. The molecule has 1 heterocycles. The average molecular weight is 287 g/mol. The number of furan rings is 1. The third kappa shape index (κ3) is 3.88. The van der Waals surface area contributed by atoms with E-state index in [1.807, 2.05) is 0 Å². The number of rotatable bonds is 8. The number of unbranched alkanes of at least 4 members (excludes halogenated alkanes) is 1. The van der Waals surface area contributed by atoms with Crippen LogP contribution < -0.4 is 5.32 Å². The Bertz CT molecular complexity index is 558. The second-order valence-electron chi connectivity index (χ2n) is 6.16. The Morgan fingerprint density at radius 2 is 1.90 bits per heavy atom. The van der Waals surface area contributed by atoms with E-state index < -0.39 is 0 Å². The lowest BCUT2D eigenvalue weighted by Crippen LogP contribution is -2.31. The van der Waals surface area contributed by atoms with Gasteiger partial charge in [-0.15, -0.1) is 0 Å². The molecule has 1 N–H and O–H groups in total. The summed E-state index contributed by atoms with van der Waals surface area (Å²) >= 11 is 0. The van der Waals surface area contributed by atoms with Crippen molar-refractivity contribution < 1.29 is 4.42 Å². The van der Waals surface area contributed by atoms with Gasteiger partial charge in [-0.25, -0.2) is 0 Å². The van der Waals surface area contributed by atoms with Gasteiger partial charge in [0.25, 0.3) is 0 Å². The van der Waals surface area contributed by atoms with Crippen molar-refractivity contribution in [1.82, 2.24) is 5.32 Å². The Labute approximate surface area is 128 Å². The van der Waals surface area contributed by atoms with Crippen LogP contribution in [0.4, 0.5) is 0 Å². The second-order valence-corrected chi connectivity index (χ2v) is 6.16. The van der Waals surface area contributed by atoms with E-state index in [9.17, 15) is 0 Å². The average Bonchev–Trinajstić information content (AvgIpc) is 2.87. The summed E-state index contributed by atoms with van der Waals surface area (Å²) in [6.07, 6.45) is 4.64. The molecule has 1 aromatic carbocycles. The number of aryl methyl sites for hydroxylation is 1. The van der Waals surface area contributed by atoms with Gasteiger partial charge in [-0.2, -0.15) is 0 Å². The third-order valence-electron chi connectivity index (χ3n) is 4.64. The van der Waals surface area contributed by atoms with Crippen molar-refractivity contribution in [1.29, 1.82) is 0 Å². The summed E-state index contributed by atoms with van der Waals surface area (Å²) in [6, 6.07) is 8.94. The zero-order chi connectivity index (χ0) is 15.2. The highest BCUT2D eigenvalue weighted by Gasteiger charge is 2.15. The fraction of sp³-hybridized carbons (Fsp3) is 0.579. The molecule has 0 aliphatic heterocycles. The molecule has 2 aromatic rings. The van der Waals surface area contributed by atoms with Crippen LogP contribution in [-0.4, -0.2) is 6.04 Å². The Morgan fingerprint density at radius 1 is 1.14 bits per heavy atom. The predicted molar refractivity (Wildman–Crippen MR) is 90.6 cm³/mol. The van der Waals surface area contributed by atoms with Crippen LogP contribution in [0, 0.1) is 5.92 Å². The van der Waals surface area contributed by atoms with Gasteiger partial charge in [0.15, 0.2) is 0 Å². The van der Waals surface area contributed by atoms with E-state index in [2.05, 4.69) is 57.3 Å². The van der Waals surface area contributed by atoms with Crippen LogP contribution in [0.15, 0.2) is 28.7 Å². The standard InChI is InChI=1S/C19H29NO/c1-5-7-11-19-17(13-20-15(4)14(3)6-2)16-10-8-9-12-18(16)21-19/h8-10,12,14-15,20H,5-7,11,13H2,1-4H3. The normalized spacial score (nSPS) is 14.5. The van der Waals surface area contributed by atoms with Crippen molar-refractivity contribution in [3.63, 3.8) is 0 Å². The maximum Gasteiger partial charge on any atom is 0.134 e. The molecule has 2 atom stereocenters. The van der Waals surface area contributed by atoms with Gasteiger partial charge in [0.2, 0.25) is 0 Å². The monoisotopic (exact) mass is 287 g/mol. The number of para-hydroxylation sites is 1. The number of benzene rings is 1. The molecule has 0 aliphatic rings.